The topological polar surface area (TPSA) is 88.1 Å². The Labute approximate surface area is 128 Å². The highest BCUT2D eigenvalue weighted by Gasteiger charge is 2.41. The van der Waals surface area contributed by atoms with Gasteiger partial charge in [-0.15, -0.1) is 0 Å². The number of hydrogen-bond donors (Lipinski definition) is 1. The van der Waals surface area contributed by atoms with Gasteiger partial charge in [0, 0.05) is 12.8 Å². The Morgan fingerprint density at radius 2 is 2.00 bits per heavy atom. The maximum Gasteiger partial charge on any atom is 0.168 e. The summed E-state index contributed by atoms with van der Waals surface area (Å²) in [6, 6.07) is 0.315. The number of nitrogen functional groups attached to an aromatic ring is 1. The number of ether oxygens (including phenoxy) is 2. The van der Waals surface area contributed by atoms with Crippen LogP contribution in [-0.2, 0) is 15.9 Å². The van der Waals surface area contributed by atoms with E-state index in [2.05, 4.69) is 16.9 Å². The number of nitrogens with zero attached hydrogens (tertiary/aromatic N) is 4. The minimum absolute atomic E-state index is 0.315. The maximum atomic E-state index is 6.03. The van der Waals surface area contributed by atoms with Gasteiger partial charge in [-0.2, -0.15) is 5.10 Å². The number of hydrogen-bond acceptors (Lipinski definition) is 6. The van der Waals surface area contributed by atoms with E-state index in [1.165, 1.54) is 6.33 Å². The molecule has 118 valence electrons. The minimum atomic E-state index is -0.346. The minimum Gasteiger partial charge on any atom is -0.383 e. The molecule has 2 N–H and O–H groups in total. The van der Waals surface area contributed by atoms with Crippen LogP contribution in [0, 0.1) is 0 Å². The summed E-state index contributed by atoms with van der Waals surface area (Å²) in [5.74, 6) is 0.170. The van der Waals surface area contributed by atoms with Crippen molar-refractivity contribution < 1.29 is 9.47 Å². The molecule has 1 spiro atoms. The third kappa shape index (κ3) is 2.07. The molecule has 0 amide bonds. The molecule has 0 bridgehead atoms. The van der Waals surface area contributed by atoms with Crippen LogP contribution in [0.5, 0.6) is 0 Å². The third-order valence-electron chi connectivity index (χ3n) is 4.80. The van der Waals surface area contributed by atoms with Crippen molar-refractivity contribution in [2.24, 2.45) is 0 Å². The van der Waals surface area contributed by atoms with E-state index >= 15 is 0 Å². The van der Waals surface area contributed by atoms with E-state index in [4.69, 9.17) is 20.3 Å². The van der Waals surface area contributed by atoms with Gasteiger partial charge in [0.25, 0.3) is 0 Å². The Hall–Kier alpha value is -1.73. The monoisotopic (exact) mass is 303 g/mol. The van der Waals surface area contributed by atoms with Gasteiger partial charge >= 0.3 is 0 Å². The number of anilines is 1. The highest BCUT2D eigenvalue weighted by molar-refractivity contribution is 5.88. The van der Waals surface area contributed by atoms with Crippen molar-refractivity contribution in [3.05, 3.63) is 12.0 Å². The van der Waals surface area contributed by atoms with E-state index in [1.54, 1.807) is 0 Å². The predicted molar refractivity (Wildman–Crippen MR) is 81.3 cm³/mol. The van der Waals surface area contributed by atoms with Gasteiger partial charge in [-0.1, -0.05) is 6.92 Å². The molecule has 1 aliphatic heterocycles. The molecule has 2 aromatic rings. The van der Waals surface area contributed by atoms with Gasteiger partial charge < -0.3 is 15.2 Å². The van der Waals surface area contributed by atoms with E-state index in [9.17, 15) is 0 Å². The average molecular weight is 303 g/mol. The molecule has 0 unspecified atom stereocenters. The fourth-order valence-electron chi connectivity index (χ4n) is 3.64. The molecule has 0 radical (unpaired) electrons. The summed E-state index contributed by atoms with van der Waals surface area (Å²) in [4.78, 5) is 8.53. The van der Waals surface area contributed by atoms with Crippen molar-refractivity contribution in [1.82, 2.24) is 19.7 Å². The zero-order chi connectivity index (χ0) is 15.2. The second kappa shape index (κ2) is 5.17. The zero-order valence-electron chi connectivity index (χ0n) is 12.8. The molecule has 0 aromatic carbocycles. The van der Waals surface area contributed by atoms with E-state index in [-0.39, 0.29) is 5.79 Å². The number of rotatable bonds is 2. The van der Waals surface area contributed by atoms with E-state index in [0.717, 1.165) is 48.8 Å². The second-order valence-corrected chi connectivity index (χ2v) is 6.04. The first-order chi connectivity index (χ1) is 10.7. The summed E-state index contributed by atoms with van der Waals surface area (Å²) < 4.78 is 13.6. The van der Waals surface area contributed by atoms with Crippen LogP contribution in [0.3, 0.4) is 0 Å². The standard InChI is InChI=1S/C15H21N5O2/c1-2-11-12-13(16)17-9-18-14(12)20(19-11)10-3-5-15(6-4-10)21-7-8-22-15/h9-10H,2-8H2,1H3,(H2,16,17,18). The molecular formula is C15H21N5O2. The van der Waals surface area contributed by atoms with Crippen molar-refractivity contribution in [3.8, 4) is 0 Å². The van der Waals surface area contributed by atoms with Crippen LogP contribution in [-0.4, -0.2) is 38.7 Å². The summed E-state index contributed by atoms with van der Waals surface area (Å²) in [6.07, 6.45) is 6.10. The Morgan fingerprint density at radius 1 is 1.27 bits per heavy atom. The first-order valence-corrected chi connectivity index (χ1v) is 7.98. The van der Waals surface area contributed by atoms with Gasteiger partial charge in [-0.3, -0.25) is 0 Å². The lowest BCUT2D eigenvalue weighted by Gasteiger charge is -2.35. The quantitative estimate of drug-likeness (QED) is 0.910. The highest BCUT2D eigenvalue weighted by atomic mass is 16.7. The molecule has 2 aromatic heterocycles. The van der Waals surface area contributed by atoms with Crippen molar-refractivity contribution in [1.29, 1.82) is 0 Å². The smallest absolute Gasteiger partial charge is 0.168 e. The largest absolute Gasteiger partial charge is 0.383 e. The molecule has 7 nitrogen and oxygen atoms in total. The lowest BCUT2D eigenvalue weighted by atomic mass is 9.90. The Bertz CT molecular complexity index is 683. The summed E-state index contributed by atoms with van der Waals surface area (Å²) in [5.41, 5.74) is 7.85. The fourth-order valence-corrected chi connectivity index (χ4v) is 3.64. The molecule has 2 aliphatic rings. The van der Waals surface area contributed by atoms with E-state index in [1.807, 2.05) is 4.68 Å². The second-order valence-electron chi connectivity index (χ2n) is 6.04. The van der Waals surface area contributed by atoms with Gasteiger partial charge in [0.2, 0.25) is 0 Å². The zero-order valence-corrected chi connectivity index (χ0v) is 12.8. The summed E-state index contributed by atoms with van der Waals surface area (Å²) in [7, 11) is 0. The van der Waals surface area contributed by atoms with Crippen LogP contribution < -0.4 is 5.73 Å². The first kappa shape index (κ1) is 13.9. The SMILES string of the molecule is CCc1nn(C2CCC3(CC2)OCCO3)c2ncnc(N)c12. The number of nitrogens with two attached hydrogens (primary N) is 1. The van der Waals surface area contributed by atoms with E-state index in [0.29, 0.717) is 25.1 Å². The third-order valence-corrected chi connectivity index (χ3v) is 4.80. The number of fused-ring (bicyclic) bond motifs is 1. The normalized spacial score (nSPS) is 21.9. The summed E-state index contributed by atoms with van der Waals surface area (Å²) in [5, 5.41) is 5.66. The van der Waals surface area contributed by atoms with Gasteiger partial charge in [-0.05, 0) is 19.3 Å². The van der Waals surface area contributed by atoms with Crippen molar-refractivity contribution in [3.63, 3.8) is 0 Å². The van der Waals surface area contributed by atoms with Crippen LogP contribution in [0.25, 0.3) is 11.0 Å². The molecule has 0 atom stereocenters. The lowest BCUT2D eigenvalue weighted by molar-refractivity contribution is -0.181. The van der Waals surface area contributed by atoms with Gasteiger partial charge in [0.15, 0.2) is 11.4 Å². The number of aromatic nitrogens is 4. The van der Waals surface area contributed by atoms with Crippen LogP contribution in [0.15, 0.2) is 6.33 Å². The average Bonchev–Trinajstić information content (AvgIpc) is 3.14. The summed E-state index contributed by atoms with van der Waals surface area (Å²) in [6.45, 7) is 3.49. The maximum absolute atomic E-state index is 6.03. The van der Waals surface area contributed by atoms with Gasteiger partial charge in [-0.25, -0.2) is 14.6 Å². The van der Waals surface area contributed by atoms with Crippen LogP contribution >= 0.6 is 0 Å². The van der Waals surface area contributed by atoms with E-state index < -0.39 is 0 Å². The molecule has 1 aliphatic carbocycles. The van der Waals surface area contributed by atoms with Crippen molar-refractivity contribution in [2.45, 2.75) is 50.9 Å². The Balaban J connectivity index is 1.66. The van der Waals surface area contributed by atoms with Gasteiger partial charge in [0.1, 0.15) is 12.1 Å². The molecule has 7 heteroatoms. The first-order valence-electron chi connectivity index (χ1n) is 7.98. The molecule has 22 heavy (non-hydrogen) atoms. The molecule has 4 rings (SSSR count). The Kier molecular flexibility index (Phi) is 3.27. The van der Waals surface area contributed by atoms with Gasteiger partial charge in [0.05, 0.1) is 30.3 Å². The molecule has 3 heterocycles. The Morgan fingerprint density at radius 3 is 2.68 bits per heavy atom. The number of aryl methyl sites for hydroxylation is 1. The highest BCUT2D eigenvalue weighted by Crippen LogP contribution is 2.41. The fraction of sp³-hybridized carbons (Fsp3) is 0.667. The van der Waals surface area contributed by atoms with Crippen LogP contribution in [0.4, 0.5) is 5.82 Å². The van der Waals surface area contributed by atoms with Crippen LogP contribution in [0.2, 0.25) is 0 Å². The molecule has 1 saturated heterocycles. The predicted octanol–water partition coefficient (Wildman–Crippen LogP) is 1.83. The molecular weight excluding hydrogens is 282 g/mol. The lowest BCUT2D eigenvalue weighted by Crippen LogP contribution is -2.36. The molecule has 1 saturated carbocycles. The van der Waals surface area contributed by atoms with Crippen molar-refractivity contribution >= 4 is 16.9 Å². The van der Waals surface area contributed by atoms with Crippen molar-refractivity contribution in [2.75, 3.05) is 18.9 Å². The summed E-state index contributed by atoms with van der Waals surface area (Å²) >= 11 is 0. The molecule has 2 fully saturated rings. The van der Waals surface area contributed by atoms with Crippen LogP contribution in [0.1, 0.15) is 44.3 Å².